The van der Waals surface area contributed by atoms with Gasteiger partial charge in [0.15, 0.2) is 11.1 Å². The molecule has 0 heterocycles. The number of carboxylic acids is 1. The summed E-state index contributed by atoms with van der Waals surface area (Å²) in [5, 5.41) is 20.6. The highest BCUT2D eigenvalue weighted by atomic mass is 32.2. The first-order chi connectivity index (χ1) is 10.9. The molecule has 0 radical (unpaired) electrons. The molecule has 1 aromatic carbocycles. The van der Waals surface area contributed by atoms with E-state index in [9.17, 15) is 24.2 Å². The predicted octanol–water partition coefficient (Wildman–Crippen LogP) is 3.07. The van der Waals surface area contributed by atoms with Gasteiger partial charge in [-0.15, -0.1) is 0 Å². The second-order valence-corrected chi connectivity index (χ2v) is 6.82. The summed E-state index contributed by atoms with van der Waals surface area (Å²) in [5.41, 5.74) is 0.204. The molecule has 2 N–H and O–H groups in total. The van der Waals surface area contributed by atoms with Crippen molar-refractivity contribution in [3.63, 3.8) is 0 Å². The van der Waals surface area contributed by atoms with Gasteiger partial charge in [-0.2, -0.15) is 0 Å². The normalized spacial score (nSPS) is 17.8. The molecule has 0 aliphatic heterocycles. The Morgan fingerprint density at radius 3 is 2.57 bits per heavy atom. The zero-order valence-corrected chi connectivity index (χ0v) is 13.3. The summed E-state index contributed by atoms with van der Waals surface area (Å²) >= 11 is -2.19. The molecule has 1 aromatic rings. The molecule has 7 nitrogen and oxygen atoms in total. The van der Waals surface area contributed by atoms with Crippen LogP contribution in [0.15, 0.2) is 18.2 Å². The van der Waals surface area contributed by atoms with E-state index in [2.05, 4.69) is 0 Å². The smallest absolute Gasteiger partial charge is 0.310 e. The summed E-state index contributed by atoms with van der Waals surface area (Å²) in [6, 6.07) is 4.13. The van der Waals surface area contributed by atoms with Crippen molar-refractivity contribution in [3.8, 4) is 0 Å². The molecule has 0 amide bonds. The Labute approximate surface area is 136 Å². The molecular formula is C15H19NO6S. The van der Waals surface area contributed by atoms with Gasteiger partial charge in [0.25, 0.3) is 5.69 Å². The second kappa shape index (κ2) is 7.65. The second-order valence-electron chi connectivity index (χ2n) is 5.89. The van der Waals surface area contributed by atoms with E-state index in [1.165, 1.54) is 18.2 Å². The van der Waals surface area contributed by atoms with Gasteiger partial charge < -0.3 is 9.66 Å². The number of aliphatic carboxylic acids is 1. The van der Waals surface area contributed by atoms with Crippen molar-refractivity contribution in [2.45, 2.75) is 43.8 Å². The highest BCUT2D eigenvalue weighted by Gasteiger charge is 2.28. The summed E-state index contributed by atoms with van der Waals surface area (Å²) < 4.78 is 19.8. The number of hydrogen-bond acceptors (Lipinski definition) is 4. The molecule has 0 aromatic heterocycles. The fraction of sp³-hybridized carbons (Fsp3) is 0.533. The van der Waals surface area contributed by atoms with Gasteiger partial charge in [-0.1, -0.05) is 37.8 Å². The van der Waals surface area contributed by atoms with Crippen LogP contribution >= 0.6 is 0 Å². The van der Waals surface area contributed by atoms with E-state index in [0.29, 0.717) is 17.9 Å². The molecule has 2 atom stereocenters. The van der Waals surface area contributed by atoms with E-state index in [4.69, 9.17) is 4.55 Å². The van der Waals surface area contributed by atoms with Crippen molar-refractivity contribution in [2.24, 2.45) is 5.92 Å². The lowest BCUT2D eigenvalue weighted by Crippen LogP contribution is -2.15. The molecule has 0 bridgehead atoms. The Morgan fingerprint density at radius 2 is 2.04 bits per heavy atom. The predicted molar refractivity (Wildman–Crippen MR) is 84.5 cm³/mol. The van der Waals surface area contributed by atoms with Gasteiger partial charge in [-0.25, -0.2) is 4.21 Å². The molecule has 1 saturated carbocycles. The minimum Gasteiger partial charge on any atom is -0.481 e. The molecule has 2 rings (SSSR count). The average molecular weight is 341 g/mol. The van der Waals surface area contributed by atoms with Gasteiger partial charge in [0, 0.05) is 11.6 Å². The van der Waals surface area contributed by atoms with Gasteiger partial charge >= 0.3 is 5.97 Å². The number of nitrogens with zero attached hydrogens (tertiary/aromatic N) is 1. The van der Waals surface area contributed by atoms with Crippen LogP contribution in [0.25, 0.3) is 0 Å². The van der Waals surface area contributed by atoms with Crippen molar-refractivity contribution in [1.29, 1.82) is 0 Å². The number of rotatable bonds is 7. The van der Waals surface area contributed by atoms with Crippen LogP contribution in [-0.2, 0) is 21.6 Å². The summed E-state index contributed by atoms with van der Waals surface area (Å²) in [7, 11) is 0. The average Bonchev–Trinajstić information content (AvgIpc) is 2.97. The van der Waals surface area contributed by atoms with E-state index in [0.717, 1.165) is 25.7 Å². The van der Waals surface area contributed by atoms with Crippen LogP contribution in [0.4, 0.5) is 5.69 Å². The van der Waals surface area contributed by atoms with Crippen molar-refractivity contribution < 1.29 is 23.6 Å². The third-order valence-electron chi connectivity index (χ3n) is 4.33. The van der Waals surface area contributed by atoms with Crippen LogP contribution in [-0.4, -0.2) is 24.8 Å². The van der Waals surface area contributed by atoms with Crippen molar-refractivity contribution >= 4 is 22.7 Å². The number of hydrogen-bond donors (Lipinski definition) is 2. The number of carbonyl (C=O) groups is 1. The topological polar surface area (TPSA) is 118 Å². The Kier molecular flexibility index (Phi) is 5.84. The quantitative estimate of drug-likeness (QED) is 0.447. The van der Waals surface area contributed by atoms with Crippen LogP contribution in [0, 0.1) is 16.0 Å². The van der Waals surface area contributed by atoms with Crippen molar-refractivity contribution in [2.75, 3.05) is 0 Å². The molecule has 2 unspecified atom stereocenters. The van der Waals surface area contributed by atoms with E-state index >= 15 is 0 Å². The first-order valence-electron chi connectivity index (χ1n) is 7.46. The summed E-state index contributed by atoms with van der Waals surface area (Å²) in [6.45, 7) is 0. The fourth-order valence-corrected chi connectivity index (χ4v) is 3.69. The molecule has 0 saturated heterocycles. The lowest BCUT2D eigenvalue weighted by atomic mass is 9.87. The minimum atomic E-state index is -2.19. The maximum absolute atomic E-state index is 11.6. The maximum Gasteiger partial charge on any atom is 0.310 e. The summed E-state index contributed by atoms with van der Waals surface area (Å²) in [5.74, 6) is -1.80. The highest BCUT2D eigenvalue weighted by Crippen LogP contribution is 2.35. The minimum absolute atomic E-state index is 0.129. The number of carboxylic acid groups (broad SMARTS) is 1. The molecule has 126 valence electrons. The fourth-order valence-electron chi connectivity index (χ4n) is 3.18. The van der Waals surface area contributed by atoms with Crippen molar-refractivity contribution in [3.05, 3.63) is 39.4 Å². The van der Waals surface area contributed by atoms with Crippen LogP contribution in [0.2, 0.25) is 0 Å². The van der Waals surface area contributed by atoms with Crippen LogP contribution in [0.3, 0.4) is 0 Å². The molecule has 1 aliphatic rings. The molecule has 1 fully saturated rings. The van der Waals surface area contributed by atoms with Gasteiger partial charge in [-0.05, 0) is 17.9 Å². The Hall–Kier alpha value is -1.80. The van der Waals surface area contributed by atoms with E-state index in [1.807, 2.05) is 0 Å². The Balaban J connectivity index is 2.31. The lowest BCUT2D eigenvalue weighted by molar-refractivity contribution is -0.385. The van der Waals surface area contributed by atoms with Gasteiger partial charge in [0.1, 0.15) is 0 Å². The third-order valence-corrected chi connectivity index (χ3v) is 4.89. The van der Waals surface area contributed by atoms with Gasteiger partial charge in [0.2, 0.25) is 0 Å². The first kappa shape index (κ1) is 17.6. The van der Waals surface area contributed by atoms with Gasteiger partial charge in [0.05, 0.1) is 16.6 Å². The molecular weight excluding hydrogens is 322 g/mol. The van der Waals surface area contributed by atoms with E-state index in [-0.39, 0.29) is 17.0 Å². The summed E-state index contributed by atoms with van der Waals surface area (Å²) in [4.78, 5) is 22.1. The molecule has 0 spiro atoms. The first-order valence-corrected chi connectivity index (χ1v) is 8.73. The molecule has 8 heteroatoms. The SMILES string of the molecule is O=C(O)C(CC1CCCC1)c1ccc(CS(=O)O)c([N+](=O)[O-])c1. The number of nitro groups is 1. The Morgan fingerprint density at radius 1 is 1.39 bits per heavy atom. The molecule has 1 aliphatic carbocycles. The maximum atomic E-state index is 11.6. The zero-order chi connectivity index (χ0) is 17.0. The Bertz CT molecular complexity index is 626. The number of nitro benzene ring substituents is 1. The standard InChI is InChI=1S/C15H19NO6S/c17-15(18)13(7-10-3-1-2-4-10)11-5-6-12(9-23(21)22)14(8-11)16(19)20/h5-6,8,10,13H,1-4,7,9H2,(H,17,18)(H,21,22). The van der Waals surface area contributed by atoms with Crippen LogP contribution < -0.4 is 0 Å². The third kappa shape index (κ3) is 4.59. The largest absolute Gasteiger partial charge is 0.481 e. The highest BCUT2D eigenvalue weighted by molar-refractivity contribution is 7.78. The summed E-state index contributed by atoms with van der Waals surface area (Å²) in [6.07, 6.45) is 4.65. The van der Waals surface area contributed by atoms with Crippen LogP contribution in [0.1, 0.15) is 49.1 Å². The zero-order valence-electron chi connectivity index (χ0n) is 12.5. The number of benzene rings is 1. The molecule has 23 heavy (non-hydrogen) atoms. The van der Waals surface area contributed by atoms with E-state index in [1.54, 1.807) is 0 Å². The van der Waals surface area contributed by atoms with Crippen LogP contribution in [0.5, 0.6) is 0 Å². The lowest BCUT2D eigenvalue weighted by Gasteiger charge is -2.17. The van der Waals surface area contributed by atoms with E-state index < -0.39 is 27.9 Å². The van der Waals surface area contributed by atoms with Gasteiger partial charge in [-0.3, -0.25) is 14.9 Å². The monoisotopic (exact) mass is 341 g/mol. The van der Waals surface area contributed by atoms with Crippen molar-refractivity contribution in [1.82, 2.24) is 0 Å².